The summed E-state index contributed by atoms with van der Waals surface area (Å²) in [4.78, 5) is 30.4. The number of fused-ring (bicyclic) bond motifs is 2. The number of nitrogens with one attached hydrogen (secondary N) is 1. The molecule has 5 rings (SSSR count). The molecule has 0 atom stereocenters. The summed E-state index contributed by atoms with van der Waals surface area (Å²) in [6.07, 6.45) is 1.61. The van der Waals surface area contributed by atoms with Crippen molar-refractivity contribution in [2.45, 2.75) is 32.8 Å². The summed E-state index contributed by atoms with van der Waals surface area (Å²) in [6, 6.07) is 16.4. The first kappa shape index (κ1) is 21.3. The summed E-state index contributed by atoms with van der Waals surface area (Å²) in [7, 11) is 0. The highest BCUT2D eigenvalue weighted by molar-refractivity contribution is 6.08. The van der Waals surface area contributed by atoms with Crippen LogP contribution in [-0.2, 0) is 0 Å². The molecule has 0 radical (unpaired) electrons. The Hall–Kier alpha value is -4.51. The smallest absolute Gasteiger partial charge is 0.256 e. The van der Waals surface area contributed by atoms with Gasteiger partial charge in [-0.15, -0.1) is 0 Å². The number of carbonyl (C=O) groups excluding carboxylic acids is 2. The summed E-state index contributed by atoms with van der Waals surface area (Å²) in [5.74, 6) is 0.576. The molecule has 0 fully saturated rings. The van der Waals surface area contributed by atoms with Gasteiger partial charge in [-0.25, -0.2) is 4.98 Å². The summed E-state index contributed by atoms with van der Waals surface area (Å²) >= 11 is 0. The minimum absolute atomic E-state index is 0.0838. The van der Waals surface area contributed by atoms with Crippen molar-refractivity contribution >= 4 is 28.4 Å². The van der Waals surface area contributed by atoms with Gasteiger partial charge in [0.1, 0.15) is 23.0 Å². The van der Waals surface area contributed by atoms with E-state index in [4.69, 9.17) is 4.74 Å². The zero-order valence-corrected chi connectivity index (χ0v) is 18.9. The number of aryl methyl sites for hydroxylation is 1. The van der Waals surface area contributed by atoms with E-state index in [1.165, 1.54) is 16.9 Å². The maximum Gasteiger partial charge on any atom is 0.256 e. The van der Waals surface area contributed by atoms with Crippen LogP contribution in [0.2, 0.25) is 0 Å². The molecule has 1 aliphatic heterocycles. The van der Waals surface area contributed by atoms with Crippen LogP contribution in [0.15, 0.2) is 54.7 Å². The second-order valence-electron chi connectivity index (χ2n) is 8.87. The standard InChI is InChI=1S/C26H21N5O3/c1-15-10-23(29-20-7-5-4-6-18(15)20)31-24(17(13-27)14-28-31)30-25(33)16-8-9-22-19(11-16)21(32)12-26(2,3)34-22/h4-11,14H,12H2,1-3H3,(H,30,33). The number of pyridine rings is 1. The number of hydrogen-bond donors (Lipinski definition) is 1. The number of para-hydroxylation sites is 1. The lowest BCUT2D eigenvalue weighted by atomic mass is 9.92. The van der Waals surface area contributed by atoms with Gasteiger partial charge < -0.3 is 10.1 Å². The van der Waals surface area contributed by atoms with Gasteiger partial charge in [-0.3, -0.25) is 9.59 Å². The predicted molar refractivity (Wildman–Crippen MR) is 126 cm³/mol. The van der Waals surface area contributed by atoms with Gasteiger partial charge in [0, 0.05) is 10.9 Å². The summed E-state index contributed by atoms with van der Waals surface area (Å²) in [5, 5.41) is 17.7. The van der Waals surface area contributed by atoms with Gasteiger partial charge in [0.25, 0.3) is 5.91 Å². The van der Waals surface area contributed by atoms with E-state index < -0.39 is 11.5 Å². The van der Waals surface area contributed by atoms with Crippen molar-refractivity contribution in [3.05, 3.63) is 77.0 Å². The Labute approximate surface area is 195 Å². The van der Waals surface area contributed by atoms with Crippen LogP contribution in [0.4, 0.5) is 5.82 Å². The number of ketones is 1. The molecule has 0 saturated heterocycles. The first-order valence-corrected chi connectivity index (χ1v) is 10.8. The van der Waals surface area contributed by atoms with Crippen molar-refractivity contribution in [2.24, 2.45) is 0 Å². The topological polar surface area (TPSA) is 110 Å². The Bertz CT molecular complexity index is 1530. The van der Waals surface area contributed by atoms with E-state index in [2.05, 4.69) is 21.5 Å². The number of amides is 1. The SMILES string of the molecule is Cc1cc(-n2ncc(C#N)c2NC(=O)c2ccc3c(c2)C(=O)CC(C)(C)O3)nc2ccccc12. The van der Waals surface area contributed by atoms with Crippen LogP contribution < -0.4 is 10.1 Å². The minimum Gasteiger partial charge on any atom is -0.487 e. The van der Waals surface area contributed by atoms with Gasteiger partial charge in [-0.05, 0) is 56.7 Å². The molecule has 0 saturated carbocycles. The van der Waals surface area contributed by atoms with Crippen molar-refractivity contribution in [2.75, 3.05) is 5.32 Å². The molecule has 1 N–H and O–H groups in total. The van der Waals surface area contributed by atoms with E-state index in [1.54, 1.807) is 12.1 Å². The molecule has 1 amide bonds. The van der Waals surface area contributed by atoms with Crippen molar-refractivity contribution in [3.8, 4) is 17.6 Å². The van der Waals surface area contributed by atoms with Gasteiger partial charge in [-0.2, -0.15) is 15.0 Å². The number of rotatable bonds is 3. The molecule has 3 heterocycles. The van der Waals surface area contributed by atoms with Gasteiger partial charge in [0.2, 0.25) is 0 Å². The number of Topliss-reactive ketones (excluding diaryl/α,β-unsaturated/α-hetero) is 1. The molecule has 1 aliphatic rings. The first-order chi connectivity index (χ1) is 16.3. The number of nitriles is 1. The number of anilines is 1. The van der Waals surface area contributed by atoms with Gasteiger partial charge in [0.05, 0.1) is 23.7 Å². The van der Waals surface area contributed by atoms with Crippen LogP contribution in [-0.4, -0.2) is 32.1 Å². The number of carbonyl (C=O) groups is 2. The van der Waals surface area contributed by atoms with Gasteiger partial charge in [0.15, 0.2) is 17.4 Å². The normalized spacial score (nSPS) is 14.2. The maximum atomic E-state index is 13.1. The van der Waals surface area contributed by atoms with Crippen molar-refractivity contribution in [3.63, 3.8) is 0 Å². The predicted octanol–water partition coefficient (Wildman–Crippen LogP) is 4.60. The van der Waals surface area contributed by atoms with E-state index in [9.17, 15) is 14.9 Å². The van der Waals surface area contributed by atoms with Gasteiger partial charge in [-0.1, -0.05) is 18.2 Å². The second-order valence-corrected chi connectivity index (χ2v) is 8.87. The zero-order chi connectivity index (χ0) is 24.0. The van der Waals surface area contributed by atoms with Crippen LogP contribution in [0.1, 0.15) is 52.1 Å². The Morgan fingerprint density at radius 1 is 1.21 bits per heavy atom. The van der Waals surface area contributed by atoms with E-state index in [0.29, 0.717) is 17.1 Å². The molecule has 8 heteroatoms. The Morgan fingerprint density at radius 2 is 2.00 bits per heavy atom. The average Bonchev–Trinajstić information content (AvgIpc) is 3.20. The molecule has 0 spiro atoms. The fourth-order valence-electron chi connectivity index (χ4n) is 4.14. The molecule has 0 unspecified atom stereocenters. The molecule has 34 heavy (non-hydrogen) atoms. The lowest BCUT2D eigenvalue weighted by Gasteiger charge is -2.31. The van der Waals surface area contributed by atoms with Crippen LogP contribution >= 0.6 is 0 Å². The molecule has 2 aromatic heterocycles. The van der Waals surface area contributed by atoms with Crippen LogP contribution in [0.5, 0.6) is 5.75 Å². The Balaban J connectivity index is 1.51. The van der Waals surface area contributed by atoms with Crippen LogP contribution in [0, 0.1) is 18.3 Å². The van der Waals surface area contributed by atoms with Crippen molar-refractivity contribution < 1.29 is 14.3 Å². The Morgan fingerprint density at radius 3 is 2.79 bits per heavy atom. The fraction of sp³-hybridized carbons (Fsp3) is 0.192. The van der Waals surface area contributed by atoms with Crippen molar-refractivity contribution in [1.29, 1.82) is 5.26 Å². The Kier molecular flexibility index (Phi) is 4.91. The fourth-order valence-corrected chi connectivity index (χ4v) is 4.14. The largest absolute Gasteiger partial charge is 0.487 e. The monoisotopic (exact) mass is 451 g/mol. The maximum absolute atomic E-state index is 13.1. The van der Waals surface area contributed by atoms with E-state index in [-0.39, 0.29) is 29.1 Å². The highest BCUT2D eigenvalue weighted by Gasteiger charge is 2.33. The lowest BCUT2D eigenvalue weighted by Crippen LogP contribution is -2.36. The summed E-state index contributed by atoms with van der Waals surface area (Å²) in [5.41, 5.74) is 2.01. The molecule has 0 aliphatic carbocycles. The lowest BCUT2D eigenvalue weighted by molar-refractivity contribution is 0.0620. The first-order valence-electron chi connectivity index (χ1n) is 10.8. The van der Waals surface area contributed by atoms with Crippen molar-refractivity contribution in [1.82, 2.24) is 14.8 Å². The minimum atomic E-state index is -0.590. The summed E-state index contributed by atoms with van der Waals surface area (Å²) in [6.45, 7) is 5.66. The quantitative estimate of drug-likeness (QED) is 0.488. The third-order valence-corrected chi connectivity index (χ3v) is 5.76. The third kappa shape index (κ3) is 3.67. The molecule has 0 bridgehead atoms. The molecule has 8 nitrogen and oxygen atoms in total. The zero-order valence-electron chi connectivity index (χ0n) is 18.9. The van der Waals surface area contributed by atoms with E-state index in [1.807, 2.05) is 51.1 Å². The number of ether oxygens (including phenoxy) is 1. The molecule has 2 aromatic carbocycles. The highest BCUT2D eigenvalue weighted by Crippen LogP contribution is 2.34. The van der Waals surface area contributed by atoms with Crippen LogP contribution in [0.3, 0.4) is 0 Å². The second kappa shape index (κ2) is 7.81. The molecule has 168 valence electrons. The number of hydrogen-bond acceptors (Lipinski definition) is 6. The number of benzene rings is 2. The molecule has 4 aromatic rings. The molecular formula is C26H21N5O3. The number of aromatic nitrogens is 3. The number of nitrogens with zero attached hydrogens (tertiary/aromatic N) is 4. The van der Waals surface area contributed by atoms with E-state index >= 15 is 0 Å². The summed E-state index contributed by atoms with van der Waals surface area (Å²) < 4.78 is 7.31. The average molecular weight is 451 g/mol. The van der Waals surface area contributed by atoms with E-state index in [0.717, 1.165) is 16.5 Å². The third-order valence-electron chi connectivity index (χ3n) is 5.76. The van der Waals surface area contributed by atoms with Crippen LogP contribution in [0.25, 0.3) is 16.7 Å². The molecular weight excluding hydrogens is 430 g/mol. The highest BCUT2D eigenvalue weighted by atomic mass is 16.5. The van der Waals surface area contributed by atoms with Gasteiger partial charge >= 0.3 is 0 Å².